The van der Waals surface area contributed by atoms with Crippen molar-refractivity contribution in [1.29, 1.82) is 0 Å². The number of hydrogen-bond donors (Lipinski definition) is 2. The van der Waals surface area contributed by atoms with Gasteiger partial charge in [-0.1, -0.05) is 0 Å². The molecule has 3 nitrogen and oxygen atoms in total. The van der Waals surface area contributed by atoms with Crippen LogP contribution in [0.3, 0.4) is 0 Å². The number of halogens is 1. The molecule has 0 aromatic carbocycles. The molecule has 0 aromatic rings. The molecule has 0 saturated heterocycles. The van der Waals surface area contributed by atoms with Gasteiger partial charge in [-0.05, 0) is 0 Å². The average Bonchev–Trinajstić information content (AvgIpc) is 2.04. The van der Waals surface area contributed by atoms with Gasteiger partial charge in [0, 0.05) is 0 Å². The first-order valence-corrected chi connectivity index (χ1v) is 6.87. The molecule has 0 radical (unpaired) electrons. The monoisotopic (exact) mass is 267 g/mol. The van der Waals surface area contributed by atoms with Gasteiger partial charge in [0.05, 0.1) is 0 Å². The second kappa shape index (κ2) is 4.06. The Labute approximate surface area is 76.7 Å². The molecular weight excluding hydrogens is 255 g/mol. The first-order valence-electron chi connectivity index (χ1n) is 3.47. The molecule has 11 heavy (non-hydrogen) atoms. The van der Waals surface area contributed by atoms with Gasteiger partial charge < -0.3 is 0 Å². The molecular formula is C7H12IN2O-. The second-order valence-corrected chi connectivity index (χ2v) is 4.84. The van der Waals surface area contributed by atoms with Crippen LogP contribution in [0.2, 0.25) is 0 Å². The van der Waals surface area contributed by atoms with Crippen molar-refractivity contribution in [1.82, 2.24) is 5.32 Å². The molecule has 0 aromatic heterocycles. The van der Waals surface area contributed by atoms with Crippen LogP contribution in [-0.2, 0) is 4.79 Å². The Hall–Kier alpha value is -0.100. The van der Waals surface area contributed by atoms with E-state index in [0.29, 0.717) is 4.05 Å². The molecule has 64 valence electrons. The van der Waals surface area contributed by atoms with Gasteiger partial charge in [0.2, 0.25) is 0 Å². The molecule has 1 rings (SSSR count). The van der Waals surface area contributed by atoms with E-state index in [0.717, 1.165) is 18.5 Å². The van der Waals surface area contributed by atoms with Crippen LogP contribution in [0, 0.1) is 0 Å². The summed E-state index contributed by atoms with van der Waals surface area (Å²) in [7, 11) is 0. The molecule has 1 amide bonds. The van der Waals surface area contributed by atoms with Crippen molar-refractivity contribution in [3.8, 4) is 0 Å². The summed E-state index contributed by atoms with van der Waals surface area (Å²) >= 11 is 0.0323. The number of nitrogens with two attached hydrogens (primary N) is 1. The Morgan fingerprint density at radius 3 is 3.09 bits per heavy atom. The number of rotatable bonds is 2. The van der Waals surface area contributed by atoms with Gasteiger partial charge in [-0.15, -0.1) is 0 Å². The van der Waals surface area contributed by atoms with E-state index in [4.69, 9.17) is 5.73 Å². The van der Waals surface area contributed by atoms with E-state index < -0.39 is 0 Å². The van der Waals surface area contributed by atoms with Crippen LogP contribution < -0.4 is 32.3 Å². The standard InChI is InChI=1S/C7H12IN2O/c1-8-6-5(7(9)11)3-2-4-10-6/h3,6,10H,2,4H2,1H3,(H2,9,11)/q-1. The van der Waals surface area contributed by atoms with Crippen LogP contribution in [0.5, 0.6) is 0 Å². The van der Waals surface area contributed by atoms with Crippen LogP contribution in [0.25, 0.3) is 0 Å². The maximum absolute atomic E-state index is 10.9. The van der Waals surface area contributed by atoms with Crippen LogP contribution in [0.15, 0.2) is 11.6 Å². The molecule has 0 saturated carbocycles. The van der Waals surface area contributed by atoms with Crippen molar-refractivity contribution in [2.75, 3.05) is 11.5 Å². The number of carbonyl (C=O) groups excluding carboxylic acids is 1. The molecule has 1 aliphatic rings. The van der Waals surface area contributed by atoms with Crippen LogP contribution in [-0.4, -0.2) is 21.4 Å². The van der Waals surface area contributed by atoms with Crippen molar-refractivity contribution in [2.45, 2.75) is 10.5 Å². The molecule has 0 spiro atoms. The third-order valence-corrected chi connectivity index (χ3v) is 3.96. The normalized spacial score (nSPS) is 24.8. The Morgan fingerprint density at radius 1 is 1.91 bits per heavy atom. The number of alkyl halides is 2. The SMILES string of the molecule is C[I-]C1NCCC=C1C(N)=O. The van der Waals surface area contributed by atoms with E-state index in [1.54, 1.807) is 0 Å². The van der Waals surface area contributed by atoms with Gasteiger partial charge in [-0.2, -0.15) is 0 Å². The average molecular weight is 267 g/mol. The molecule has 1 atom stereocenters. The van der Waals surface area contributed by atoms with E-state index in [9.17, 15) is 4.79 Å². The summed E-state index contributed by atoms with van der Waals surface area (Å²) in [6.07, 6.45) is 2.89. The Morgan fingerprint density at radius 2 is 2.64 bits per heavy atom. The number of primary amides is 1. The first kappa shape index (κ1) is 8.99. The third kappa shape index (κ3) is 2.16. The minimum atomic E-state index is -0.260. The fourth-order valence-corrected chi connectivity index (χ4v) is 3.06. The van der Waals surface area contributed by atoms with Crippen molar-refractivity contribution in [3.63, 3.8) is 0 Å². The molecule has 4 heteroatoms. The summed E-state index contributed by atoms with van der Waals surface area (Å²) in [5.41, 5.74) is 6.00. The zero-order valence-electron chi connectivity index (χ0n) is 6.43. The second-order valence-electron chi connectivity index (χ2n) is 2.35. The Kier molecular flexibility index (Phi) is 3.32. The number of hydrogen-bond acceptors (Lipinski definition) is 2. The van der Waals surface area contributed by atoms with Gasteiger partial charge in [0.25, 0.3) is 0 Å². The van der Waals surface area contributed by atoms with Gasteiger partial charge in [-0.3, -0.25) is 0 Å². The molecule has 0 aliphatic carbocycles. The van der Waals surface area contributed by atoms with Gasteiger partial charge in [-0.25, -0.2) is 0 Å². The van der Waals surface area contributed by atoms with Crippen LogP contribution in [0.1, 0.15) is 6.42 Å². The summed E-state index contributed by atoms with van der Waals surface area (Å²) in [4.78, 5) is 13.0. The van der Waals surface area contributed by atoms with Crippen molar-refractivity contribution >= 4 is 5.91 Å². The molecule has 0 bridgehead atoms. The fraction of sp³-hybridized carbons (Fsp3) is 0.571. The molecule has 3 N–H and O–H groups in total. The third-order valence-electron chi connectivity index (χ3n) is 1.61. The quantitative estimate of drug-likeness (QED) is 0.309. The molecule has 1 unspecified atom stereocenters. The molecule has 0 fully saturated rings. The summed E-state index contributed by atoms with van der Waals surface area (Å²) in [5, 5.41) is 3.28. The number of nitrogens with one attached hydrogen (secondary N) is 1. The molecule has 1 heterocycles. The van der Waals surface area contributed by atoms with Crippen molar-refractivity contribution in [3.05, 3.63) is 11.6 Å². The minimum absolute atomic E-state index is 0.0323. The summed E-state index contributed by atoms with van der Waals surface area (Å²) in [6.45, 7) is 0.981. The zero-order valence-corrected chi connectivity index (χ0v) is 8.59. The maximum atomic E-state index is 10.9. The summed E-state index contributed by atoms with van der Waals surface area (Å²) < 4.78 is 0.292. The molecule has 1 aliphatic heterocycles. The van der Waals surface area contributed by atoms with Crippen LogP contribution in [0.4, 0.5) is 0 Å². The van der Waals surface area contributed by atoms with Crippen molar-refractivity contribution < 1.29 is 26.0 Å². The Balaban J connectivity index is 2.71. The number of amides is 1. The van der Waals surface area contributed by atoms with E-state index in [-0.39, 0.29) is 27.1 Å². The Bertz CT molecular complexity index is 191. The summed E-state index contributed by atoms with van der Waals surface area (Å²) in [5.74, 6) is -0.260. The fourth-order valence-electron chi connectivity index (χ4n) is 1.07. The van der Waals surface area contributed by atoms with Gasteiger partial charge >= 0.3 is 76.6 Å². The summed E-state index contributed by atoms with van der Waals surface area (Å²) in [6, 6.07) is 0. The van der Waals surface area contributed by atoms with Gasteiger partial charge in [0.1, 0.15) is 0 Å². The predicted octanol–water partition coefficient (Wildman–Crippen LogP) is -3.56. The first-order chi connectivity index (χ1) is 5.25. The van der Waals surface area contributed by atoms with Crippen molar-refractivity contribution in [2.24, 2.45) is 5.73 Å². The van der Waals surface area contributed by atoms with Gasteiger partial charge in [0.15, 0.2) is 0 Å². The van der Waals surface area contributed by atoms with Crippen LogP contribution >= 0.6 is 0 Å². The predicted molar refractivity (Wildman–Crippen MR) is 39.6 cm³/mol. The zero-order chi connectivity index (χ0) is 8.27. The topological polar surface area (TPSA) is 55.1 Å². The van der Waals surface area contributed by atoms with E-state index in [1.807, 2.05) is 6.08 Å². The number of carbonyl (C=O) groups is 1. The van der Waals surface area contributed by atoms with E-state index in [1.165, 1.54) is 0 Å². The van der Waals surface area contributed by atoms with E-state index in [2.05, 4.69) is 10.2 Å². The van der Waals surface area contributed by atoms with E-state index >= 15 is 0 Å².